The molecule has 0 aliphatic carbocycles. The second-order valence-electron chi connectivity index (χ2n) is 4.88. The van der Waals surface area contributed by atoms with Crippen LogP contribution >= 0.6 is 46.6 Å². The molecular formula is C16H10Cl3N3OSSe. The van der Waals surface area contributed by atoms with E-state index in [2.05, 4.69) is 14.5 Å². The maximum atomic E-state index is 12.1. The molecule has 2 aromatic carbocycles. The first-order valence-corrected chi connectivity index (χ1v) is 10.7. The van der Waals surface area contributed by atoms with Crippen molar-refractivity contribution in [2.24, 2.45) is 0 Å². The summed E-state index contributed by atoms with van der Waals surface area (Å²) < 4.78 is 5.10. The summed E-state index contributed by atoms with van der Waals surface area (Å²) in [5, 5.41) is 8.60. The predicted octanol–water partition coefficient (Wildman–Crippen LogP) is 4.89. The third-order valence-corrected chi connectivity index (χ3v) is 7.19. The van der Waals surface area contributed by atoms with E-state index in [1.807, 2.05) is 6.07 Å². The van der Waals surface area contributed by atoms with E-state index in [9.17, 15) is 4.79 Å². The van der Waals surface area contributed by atoms with Crippen LogP contribution in [0.3, 0.4) is 0 Å². The molecule has 0 aliphatic rings. The Kier molecular flexibility index (Phi) is 6.44. The molecule has 1 N–H and O–H groups in total. The molecule has 0 saturated heterocycles. The summed E-state index contributed by atoms with van der Waals surface area (Å²) in [4.78, 5) is 12.1. The Morgan fingerprint density at radius 2 is 1.84 bits per heavy atom. The van der Waals surface area contributed by atoms with Crippen molar-refractivity contribution in [3.05, 3.63) is 57.5 Å². The predicted molar refractivity (Wildman–Crippen MR) is 105 cm³/mol. The van der Waals surface area contributed by atoms with Crippen LogP contribution in [0.2, 0.25) is 15.1 Å². The van der Waals surface area contributed by atoms with Gasteiger partial charge in [-0.3, -0.25) is 0 Å². The van der Waals surface area contributed by atoms with E-state index < -0.39 is 0 Å². The van der Waals surface area contributed by atoms with Crippen LogP contribution in [0.15, 0.2) is 46.2 Å². The van der Waals surface area contributed by atoms with Crippen LogP contribution in [-0.4, -0.2) is 35.6 Å². The average Bonchev–Trinajstić information content (AvgIpc) is 3.06. The van der Waals surface area contributed by atoms with Crippen LogP contribution in [0, 0.1) is 0 Å². The molecule has 25 heavy (non-hydrogen) atoms. The van der Waals surface area contributed by atoms with Crippen LogP contribution in [0.5, 0.6) is 0 Å². The average molecular weight is 478 g/mol. The number of nitrogens with one attached hydrogen (secondary N) is 1. The number of rotatable bonds is 5. The van der Waals surface area contributed by atoms with Crippen molar-refractivity contribution in [2.45, 2.75) is 3.77 Å². The monoisotopic (exact) mass is 477 g/mol. The first-order valence-electron chi connectivity index (χ1n) is 6.99. The second-order valence-corrected chi connectivity index (χ2v) is 9.28. The fourth-order valence-corrected chi connectivity index (χ4v) is 4.87. The summed E-state index contributed by atoms with van der Waals surface area (Å²) in [5.41, 5.74) is 2.31. The van der Waals surface area contributed by atoms with Crippen molar-refractivity contribution in [3.8, 4) is 11.3 Å². The van der Waals surface area contributed by atoms with Gasteiger partial charge < -0.3 is 0 Å². The molecule has 4 nitrogen and oxygen atoms in total. The molecule has 9 heteroatoms. The van der Waals surface area contributed by atoms with Crippen LogP contribution in [0.25, 0.3) is 11.3 Å². The zero-order valence-corrected chi connectivity index (χ0v) is 17.3. The van der Waals surface area contributed by atoms with Crippen LogP contribution in [0.4, 0.5) is 5.69 Å². The van der Waals surface area contributed by atoms with Crippen molar-refractivity contribution >= 4 is 72.9 Å². The van der Waals surface area contributed by atoms with Crippen LogP contribution < -0.4 is 5.32 Å². The van der Waals surface area contributed by atoms with Crippen LogP contribution in [0.1, 0.15) is 0 Å². The van der Waals surface area contributed by atoms with E-state index >= 15 is 0 Å². The number of halogens is 3. The number of anilines is 1. The van der Waals surface area contributed by atoms with E-state index in [0.29, 0.717) is 20.8 Å². The van der Waals surface area contributed by atoms with E-state index in [-0.39, 0.29) is 26.4 Å². The van der Waals surface area contributed by atoms with Crippen molar-refractivity contribution in [2.75, 3.05) is 11.1 Å². The van der Waals surface area contributed by atoms with Gasteiger partial charge in [0, 0.05) is 0 Å². The Bertz CT molecular complexity index is 902. The first-order chi connectivity index (χ1) is 12.0. The summed E-state index contributed by atoms with van der Waals surface area (Å²) >= 11 is 19.1. The van der Waals surface area contributed by atoms with Gasteiger partial charge in [0.25, 0.3) is 0 Å². The van der Waals surface area contributed by atoms with Crippen molar-refractivity contribution in [1.29, 1.82) is 0 Å². The molecule has 0 fully saturated rings. The molecule has 0 bridgehead atoms. The number of nitrogens with zero attached hydrogens (tertiary/aromatic N) is 2. The molecule has 3 aromatic rings. The Labute approximate surface area is 169 Å². The first kappa shape index (κ1) is 18.8. The molecule has 3 rings (SSSR count). The summed E-state index contributed by atoms with van der Waals surface area (Å²) in [6.45, 7) is 0. The standard InChI is InChI=1S/C16H10Cl3N3OSSe/c17-10-2-4-11(5-3-10)20-14(23)8-24-16-15(21-22-25-16)9-1-6-12(18)13(19)7-9/h1-7H,8H2,(H,20,23). The molecule has 0 saturated carbocycles. The number of amides is 1. The normalized spacial score (nSPS) is 10.7. The van der Waals surface area contributed by atoms with Gasteiger partial charge in [-0.15, -0.1) is 0 Å². The van der Waals surface area contributed by atoms with Crippen molar-refractivity contribution in [3.63, 3.8) is 0 Å². The summed E-state index contributed by atoms with van der Waals surface area (Å²) in [6.07, 6.45) is 0. The Balaban J connectivity index is 1.66. The summed E-state index contributed by atoms with van der Waals surface area (Å²) in [6, 6.07) is 12.3. The van der Waals surface area contributed by atoms with Gasteiger partial charge in [-0.25, -0.2) is 0 Å². The number of benzene rings is 2. The Morgan fingerprint density at radius 1 is 1.08 bits per heavy atom. The molecule has 0 unspecified atom stereocenters. The molecular weight excluding hydrogens is 468 g/mol. The van der Waals surface area contributed by atoms with Gasteiger partial charge in [0.05, 0.1) is 0 Å². The van der Waals surface area contributed by atoms with Gasteiger partial charge in [-0.2, -0.15) is 0 Å². The maximum absolute atomic E-state index is 12.1. The van der Waals surface area contributed by atoms with E-state index in [1.165, 1.54) is 11.8 Å². The Morgan fingerprint density at radius 3 is 2.56 bits per heavy atom. The fourth-order valence-electron chi connectivity index (χ4n) is 1.96. The summed E-state index contributed by atoms with van der Waals surface area (Å²) in [7, 11) is 0. The van der Waals surface area contributed by atoms with Gasteiger partial charge in [-0.1, -0.05) is 0 Å². The molecule has 0 spiro atoms. The molecule has 1 heterocycles. The number of carbonyl (C=O) groups excluding carboxylic acids is 1. The number of hydrogen-bond acceptors (Lipinski definition) is 4. The van der Waals surface area contributed by atoms with Crippen molar-refractivity contribution < 1.29 is 4.79 Å². The van der Waals surface area contributed by atoms with E-state index in [1.54, 1.807) is 36.4 Å². The zero-order valence-electron chi connectivity index (χ0n) is 12.5. The molecule has 0 aliphatic heterocycles. The minimum absolute atomic E-state index is 0.101. The second kappa shape index (κ2) is 8.58. The van der Waals surface area contributed by atoms with Crippen LogP contribution in [-0.2, 0) is 4.79 Å². The third-order valence-electron chi connectivity index (χ3n) is 3.11. The van der Waals surface area contributed by atoms with Gasteiger partial charge in [0.1, 0.15) is 0 Å². The number of thioether (sulfide) groups is 1. The topological polar surface area (TPSA) is 54.9 Å². The van der Waals surface area contributed by atoms with Gasteiger partial charge in [-0.05, 0) is 0 Å². The third kappa shape index (κ3) is 5.00. The number of hydrogen-bond donors (Lipinski definition) is 1. The SMILES string of the molecule is O=C(CSc1[se]nnc1-c1ccc(Cl)c(Cl)c1)Nc1ccc(Cl)cc1. The van der Waals surface area contributed by atoms with Gasteiger partial charge in [0.2, 0.25) is 0 Å². The zero-order chi connectivity index (χ0) is 17.8. The van der Waals surface area contributed by atoms with Gasteiger partial charge in [0.15, 0.2) is 0 Å². The molecule has 0 atom stereocenters. The summed E-state index contributed by atoms with van der Waals surface area (Å²) in [5.74, 6) is 0.172. The van der Waals surface area contributed by atoms with Crippen molar-refractivity contribution in [1.82, 2.24) is 9.19 Å². The molecule has 0 radical (unpaired) electrons. The quantitative estimate of drug-likeness (QED) is 0.420. The Hall–Kier alpha value is -1.01. The number of aromatic nitrogens is 2. The molecule has 1 amide bonds. The van der Waals surface area contributed by atoms with E-state index in [0.717, 1.165) is 15.0 Å². The number of carbonyl (C=O) groups is 1. The minimum atomic E-state index is -0.132. The molecule has 1 aromatic heterocycles. The fraction of sp³-hybridized carbons (Fsp3) is 0.0625. The van der Waals surface area contributed by atoms with E-state index in [4.69, 9.17) is 34.8 Å². The molecule has 128 valence electrons. The van der Waals surface area contributed by atoms with Gasteiger partial charge >= 0.3 is 171 Å².